The number of furan rings is 1. The van der Waals surface area contributed by atoms with Gasteiger partial charge in [-0.2, -0.15) is 0 Å². The Hall–Kier alpha value is -1.85. The first-order chi connectivity index (χ1) is 9.69. The normalized spacial score (nSPS) is 12.5. The molecule has 104 valence electrons. The maximum atomic E-state index is 11.8. The summed E-state index contributed by atoms with van der Waals surface area (Å²) >= 11 is 3.19. The second-order valence-electron chi connectivity index (χ2n) is 4.13. The molecule has 0 radical (unpaired) electrons. The van der Waals surface area contributed by atoms with E-state index in [1.165, 1.54) is 6.08 Å². The Labute approximate surface area is 125 Å². The van der Waals surface area contributed by atoms with Gasteiger partial charge >= 0.3 is 0 Å². The molecule has 0 saturated heterocycles. The largest absolute Gasteiger partial charge is 0.450 e. The third kappa shape index (κ3) is 4.08. The molecule has 0 fully saturated rings. The third-order valence-corrected chi connectivity index (χ3v) is 3.12. The minimum absolute atomic E-state index is 0.157. The predicted molar refractivity (Wildman–Crippen MR) is 79.9 cm³/mol. The van der Waals surface area contributed by atoms with Gasteiger partial charge < -0.3 is 14.8 Å². The molecule has 0 aliphatic carbocycles. The first-order valence-electron chi connectivity index (χ1n) is 6.09. The topological polar surface area (TPSA) is 62.5 Å². The highest BCUT2D eigenvalue weighted by Gasteiger charge is 2.11. The molecule has 1 amide bonds. The monoisotopic (exact) mass is 335 g/mol. The number of hydrogen-bond donors (Lipinski definition) is 2. The summed E-state index contributed by atoms with van der Waals surface area (Å²) in [5.41, 5.74) is 0.859. The maximum Gasteiger partial charge on any atom is 0.244 e. The van der Waals surface area contributed by atoms with Gasteiger partial charge in [0.15, 0.2) is 4.67 Å². The third-order valence-electron chi connectivity index (χ3n) is 2.69. The molecule has 0 saturated carbocycles. The average molecular weight is 336 g/mol. The number of carbonyl (C=O) groups is 1. The lowest BCUT2D eigenvalue weighted by atomic mass is 10.1. The van der Waals surface area contributed by atoms with Crippen LogP contribution in [-0.2, 0) is 4.79 Å². The van der Waals surface area contributed by atoms with Crippen LogP contribution in [0.3, 0.4) is 0 Å². The molecule has 5 heteroatoms. The van der Waals surface area contributed by atoms with Gasteiger partial charge in [0.05, 0.1) is 12.6 Å². The van der Waals surface area contributed by atoms with Crippen LogP contribution >= 0.6 is 15.9 Å². The van der Waals surface area contributed by atoms with Gasteiger partial charge in [-0.3, -0.25) is 4.79 Å². The fourth-order valence-electron chi connectivity index (χ4n) is 1.72. The van der Waals surface area contributed by atoms with Crippen molar-refractivity contribution in [2.45, 2.75) is 6.04 Å². The van der Waals surface area contributed by atoms with E-state index in [4.69, 9.17) is 4.42 Å². The molecule has 2 N–H and O–H groups in total. The standard InChI is InChI=1S/C15H14BrNO3/c16-14-8-6-12(20-14)7-9-15(19)17-13(10-18)11-4-2-1-3-5-11/h1-9,13,18H,10H2,(H,17,19). The van der Waals surface area contributed by atoms with Crippen LogP contribution in [0.2, 0.25) is 0 Å². The lowest BCUT2D eigenvalue weighted by molar-refractivity contribution is -0.117. The Morgan fingerprint density at radius 3 is 2.65 bits per heavy atom. The number of carbonyl (C=O) groups excluding carboxylic acids is 1. The predicted octanol–water partition coefficient (Wildman–Crippen LogP) is 2.91. The average Bonchev–Trinajstić information content (AvgIpc) is 2.89. The van der Waals surface area contributed by atoms with E-state index in [1.807, 2.05) is 30.3 Å². The summed E-state index contributed by atoms with van der Waals surface area (Å²) in [6, 6.07) is 12.4. The van der Waals surface area contributed by atoms with Crippen LogP contribution in [0.4, 0.5) is 0 Å². The summed E-state index contributed by atoms with van der Waals surface area (Å²) in [4.78, 5) is 11.8. The van der Waals surface area contributed by atoms with Gasteiger partial charge in [-0.1, -0.05) is 30.3 Å². The number of aliphatic hydroxyl groups excluding tert-OH is 1. The number of aliphatic hydroxyl groups is 1. The number of benzene rings is 1. The molecule has 2 aromatic rings. The molecule has 1 unspecified atom stereocenters. The summed E-state index contributed by atoms with van der Waals surface area (Å²) in [6.07, 6.45) is 2.94. The van der Waals surface area contributed by atoms with Gasteiger partial charge in [-0.15, -0.1) is 0 Å². The zero-order valence-electron chi connectivity index (χ0n) is 10.6. The van der Waals surface area contributed by atoms with E-state index < -0.39 is 6.04 Å². The van der Waals surface area contributed by atoms with Crippen molar-refractivity contribution in [1.29, 1.82) is 0 Å². The minimum Gasteiger partial charge on any atom is -0.450 e. The Kier molecular flexibility index (Phi) is 5.15. The first kappa shape index (κ1) is 14.6. The summed E-state index contributed by atoms with van der Waals surface area (Å²) in [5, 5.41) is 12.1. The summed E-state index contributed by atoms with van der Waals surface area (Å²) < 4.78 is 5.86. The zero-order chi connectivity index (χ0) is 14.4. The van der Waals surface area contributed by atoms with E-state index in [2.05, 4.69) is 21.2 Å². The van der Waals surface area contributed by atoms with E-state index in [9.17, 15) is 9.90 Å². The summed E-state index contributed by atoms with van der Waals surface area (Å²) in [6.45, 7) is -0.157. The molecule has 20 heavy (non-hydrogen) atoms. The van der Waals surface area contributed by atoms with Crippen molar-refractivity contribution >= 4 is 27.9 Å². The van der Waals surface area contributed by atoms with Gasteiger partial charge in [0.2, 0.25) is 5.91 Å². The van der Waals surface area contributed by atoms with E-state index in [1.54, 1.807) is 18.2 Å². The fraction of sp³-hybridized carbons (Fsp3) is 0.133. The van der Waals surface area contributed by atoms with Crippen LogP contribution in [0, 0.1) is 0 Å². The van der Waals surface area contributed by atoms with Crippen LogP contribution in [0.1, 0.15) is 17.4 Å². The highest BCUT2D eigenvalue weighted by Crippen LogP contribution is 2.15. The van der Waals surface area contributed by atoms with Crippen molar-refractivity contribution in [3.63, 3.8) is 0 Å². The van der Waals surface area contributed by atoms with Gasteiger partial charge in [-0.05, 0) is 39.7 Å². The number of amides is 1. The van der Waals surface area contributed by atoms with Gasteiger partial charge in [0, 0.05) is 6.08 Å². The molecule has 1 atom stereocenters. The Morgan fingerprint density at radius 2 is 2.05 bits per heavy atom. The second-order valence-corrected chi connectivity index (χ2v) is 4.91. The van der Waals surface area contributed by atoms with Gasteiger partial charge in [0.1, 0.15) is 5.76 Å². The van der Waals surface area contributed by atoms with Crippen LogP contribution in [0.5, 0.6) is 0 Å². The number of hydrogen-bond acceptors (Lipinski definition) is 3. The molecular formula is C15H14BrNO3. The SMILES string of the molecule is O=C(C=Cc1ccc(Br)o1)NC(CO)c1ccccc1. The van der Waals surface area contributed by atoms with Crippen LogP contribution in [0.15, 0.2) is 57.6 Å². The zero-order valence-corrected chi connectivity index (χ0v) is 12.2. The molecule has 0 bridgehead atoms. The van der Waals surface area contributed by atoms with Crippen LogP contribution in [0.25, 0.3) is 6.08 Å². The number of halogens is 1. The van der Waals surface area contributed by atoms with Gasteiger partial charge in [0.25, 0.3) is 0 Å². The molecule has 2 rings (SSSR count). The van der Waals surface area contributed by atoms with E-state index in [0.717, 1.165) is 5.56 Å². The second kappa shape index (κ2) is 7.07. The summed E-state index contributed by atoms with van der Waals surface area (Å²) in [7, 11) is 0. The molecule has 0 aliphatic heterocycles. The lowest BCUT2D eigenvalue weighted by Crippen LogP contribution is -2.29. The van der Waals surface area contributed by atoms with Crippen molar-refractivity contribution in [3.05, 3.63) is 64.5 Å². The first-order valence-corrected chi connectivity index (χ1v) is 6.88. The van der Waals surface area contributed by atoms with Gasteiger partial charge in [-0.25, -0.2) is 0 Å². The fourth-order valence-corrected chi connectivity index (χ4v) is 2.03. The molecule has 4 nitrogen and oxygen atoms in total. The Balaban J connectivity index is 1.98. The summed E-state index contributed by atoms with van der Waals surface area (Å²) in [5.74, 6) is 0.285. The molecule has 1 aromatic heterocycles. The van der Waals surface area contributed by atoms with E-state index >= 15 is 0 Å². The Bertz CT molecular complexity index is 592. The quantitative estimate of drug-likeness (QED) is 0.826. The highest BCUT2D eigenvalue weighted by atomic mass is 79.9. The highest BCUT2D eigenvalue weighted by molar-refractivity contribution is 9.10. The Morgan fingerprint density at radius 1 is 1.30 bits per heavy atom. The smallest absolute Gasteiger partial charge is 0.244 e. The minimum atomic E-state index is -0.420. The molecule has 1 aromatic carbocycles. The van der Waals surface area contributed by atoms with Crippen LogP contribution < -0.4 is 5.32 Å². The molecule has 1 heterocycles. The maximum absolute atomic E-state index is 11.8. The van der Waals surface area contributed by atoms with E-state index in [0.29, 0.717) is 10.4 Å². The van der Waals surface area contributed by atoms with Crippen molar-refractivity contribution in [1.82, 2.24) is 5.32 Å². The molecule has 0 spiro atoms. The van der Waals surface area contributed by atoms with Crippen LogP contribution in [-0.4, -0.2) is 17.6 Å². The number of nitrogens with one attached hydrogen (secondary N) is 1. The van der Waals surface area contributed by atoms with Crippen molar-refractivity contribution < 1.29 is 14.3 Å². The molecular weight excluding hydrogens is 322 g/mol. The molecule has 0 aliphatic rings. The van der Waals surface area contributed by atoms with Crippen molar-refractivity contribution in [2.24, 2.45) is 0 Å². The van der Waals surface area contributed by atoms with Crippen molar-refractivity contribution in [2.75, 3.05) is 6.61 Å². The van der Waals surface area contributed by atoms with E-state index in [-0.39, 0.29) is 12.5 Å². The number of rotatable bonds is 5. The lowest BCUT2D eigenvalue weighted by Gasteiger charge is -2.15. The van der Waals surface area contributed by atoms with Crippen molar-refractivity contribution in [3.8, 4) is 0 Å².